The first-order chi connectivity index (χ1) is 18.2. The predicted molar refractivity (Wildman–Crippen MR) is 138 cm³/mol. The summed E-state index contributed by atoms with van der Waals surface area (Å²) in [6, 6.07) is 20.8. The van der Waals surface area contributed by atoms with Gasteiger partial charge in [0.15, 0.2) is 0 Å². The standard InChI is InChI=1S/C26H23N7O5/c27-14-16-9-10-19(24(34)35)21(12-16)38-26-32-20(11-15-5-2-1-3-6-15)22(28)23(33(26)30)37-18-8-4-7-17(13-18)31-25(29)36/h1-10,12-13,26H,11,28,30H2,(H,34,35)(H3,29,31,36). The molecule has 3 aromatic rings. The number of primary amides is 1. The van der Waals surface area contributed by atoms with E-state index < -0.39 is 18.4 Å². The summed E-state index contributed by atoms with van der Waals surface area (Å²) in [5.41, 5.74) is 13.4. The fourth-order valence-electron chi connectivity index (χ4n) is 3.62. The number of carboxylic acid groups (broad SMARTS) is 1. The molecule has 0 fully saturated rings. The Morgan fingerprint density at radius 3 is 2.55 bits per heavy atom. The number of carboxylic acids is 1. The number of hydrazine groups is 1. The van der Waals surface area contributed by atoms with Gasteiger partial charge in [-0.2, -0.15) is 5.26 Å². The van der Waals surface area contributed by atoms with Crippen molar-refractivity contribution in [2.45, 2.75) is 12.8 Å². The number of aromatic carboxylic acids is 1. The molecular weight excluding hydrogens is 490 g/mol. The molecule has 8 N–H and O–H groups in total. The van der Waals surface area contributed by atoms with E-state index in [1.54, 1.807) is 18.2 Å². The largest absolute Gasteiger partial charge is 0.478 e. The smallest absolute Gasteiger partial charge is 0.339 e. The molecule has 4 rings (SSSR count). The van der Waals surface area contributed by atoms with E-state index in [2.05, 4.69) is 10.3 Å². The zero-order valence-electron chi connectivity index (χ0n) is 19.9. The number of urea groups is 1. The first-order valence-electron chi connectivity index (χ1n) is 11.2. The molecule has 1 heterocycles. The van der Waals surface area contributed by atoms with Crippen LogP contribution in [0.15, 0.2) is 89.4 Å². The molecule has 0 aromatic heterocycles. The molecule has 1 aliphatic heterocycles. The number of carbonyl (C=O) groups excluding carboxylic acids is 1. The van der Waals surface area contributed by atoms with Crippen LogP contribution in [0, 0.1) is 11.3 Å². The average molecular weight is 514 g/mol. The number of ether oxygens (including phenoxy) is 2. The number of aliphatic imine (C=N–C) groups is 1. The second-order valence-electron chi connectivity index (χ2n) is 8.06. The Hall–Kier alpha value is -5.54. The van der Waals surface area contributed by atoms with E-state index in [0.29, 0.717) is 17.8 Å². The monoisotopic (exact) mass is 513 g/mol. The van der Waals surface area contributed by atoms with E-state index in [-0.39, 0.29) is 34.2 Å². The average Bonchev–Trinajstić information content (AvgIpc) is 2.89. The number of anilines is 1. The van der Waals surface area contributed by atoms with Gasteiger partial charge in [0.25, 0.3) is 6.35 Å². The number of benzene rings is 3. The van der Waals surface area contributed by atoms with Gasteiger partial charge in [-0.1, -0.05) is 36.4 Å². The minimum Gasteiger partial charge on any atom is -0.478 e. The maximum Gasteiger partial charge on any atom is 0.339 e. The quantitative estimate of drug-likeness (QED) is 0.280. The molecular formula is C26H23N7O5. The summed E-state index contributed by atoms with van der Waals surface area (Å²) in [5.74, 6) is 5.18. The van der Waals surface area contributed by atoms with Crippen molar-refractivity contribution in [1.29, 1.82) is 5.26 Å². The van der Waals surface area contributed by atoms with Gasteiger partial charge in [-0.3, -0.25) is 0 Å². The normalized spacial score (nSPS) is 14.8. The number of amides is 2. The number of rotatable bonds is 8. The minimum absolute atomic E-state index is 0.0273. The van der Waals surface area contributed by atoms with Gasteiger partial charge in [-0.25, -0.2) is 25.4 Å². The fourth-order valence-corrected chi connectivity index (χ4v) is 3.62. The van der Waals surface area contributed by atoms with Crippen LogP contribution >= 0.6 is 0 Å². The van der Waals surface area contributed by atoms with Crippen LogP contribution in [0.1, 0.15) is 21.5 Å². The third kappa shape index (κ3) is 5.81. The number of hydrogen-bond donors (Lipinski definition) is 5. The van der Waals surface area contributed by atoms with Crippen LogP contribution in [0.4, 0.5) is 10.5 Å². The summed E-state index contributed by atoms with van der Waals surface area (Å²) in [5, 5.41) is 22.3. The van der Waals surface area contributed by atoms with Crippen LogP contribution in [0.3, 0.4) is 0 Å². The lowest BCUT2D eigenvalue weighted by atomic mass is 10.1. The second-order valence-corrected chi connectivity index (χ2v) is 8.06. The highest BCUT2D eigenvalue weighted by molar-refractivity contribution is 6.01. The van der Waals surface area contributed by atoms with Gasteiger partial charge >= 0.3 is 12.0 Å². The van der Waals surface area contributed by atoms with Gasteiger partial charge in [-0.15, -0.1) is 0 Å². The molecule has 12 heteroatoms. The van der Waals surface area contributed by atoms with E-state index >= 15 is 0 Å². The molecule has 0 aliphatic carbocycles. The summed E-state index contributed by atoms with van der Waals surface area (Å²) >= 11 is 0. The van der Waals surface area contributed by atoms with Gasteiger partial charge in [0.2, 0.25) is 5.88 Å². The fraction of sp³-hybridized carbons (Fsp3) is 0.0769. The zero-order valence-corrected chi connectivity index (χ0v) is 19.9. The molecule has 3 aromatic carbocycles. The van der Waals surface area contributed by atoms with Crippen LogP contribution in [-0.2, 0) is 6.42 Å². The Bertz CT molecular complexity index is 1480. The number of nitrogens with zero attached hydrogens (tertiary/aromatic N) is 3. The van der Waals surface area contributed by atoms with Crippen LogP contribution in [-0.4, -0.2) is 34.2 Å². The Kier molecular flexibility index (Phi) is 7.41. The number of allylic oxidation sites excluding steroid dienone is 1. The lowest BCUT2D eigenvalue weighted by Crippen LogP contribution is -2.49. The van der Waals surface area contributed by atoms with Crippen LogP contribution in [0.2, 0.25) is 0 Å². The van der Waals surface area contributed by atoms with Crippen LogP contribution < -0.4 is 32.1 Å². The molecule has 1 atom stereocenters. The lowest BCUT2D eigenvalue weighted by Gasteiger charge is -2.33. The molecule has 0 radical (unpaired) electrons. The van der Waals surface area contributed by atoms with Crippen molar-refractivity contribution in [3.05, 3.63) is 101 Å². The summed E-state index contributed by atoms with van der Waals surface area (Å²) in [6.45, 7) is 0. The first-order valence-corrected chi connectivity index (χ1v) is 11.2. The topological polar surface area (TPSA) is 202 Å². The highest BCUT2D eigenvalue weighted by Crippen LogP contribution is 2.28. The van der Waals surface area contributed by atoms with Crippen molar-refractivity contribution in [3.63, 3.8) is 0 Å². The minimum atomic E-state index is -1.30. The maximum atomic E-state index is 11.8. The summed E-state index contributed by atoms with van der Waals surface area (Å²) < 4.78 is 11.9. The molecule has 192 valence electrons. The zero-order chi connectivity index (χ0) is 27.2. The Morgan fingerprint density at radius 1 is 1.11 bits per heavy atom. The number of nitrogens with two attached hydrogens (primary N) is 3. The number of hydrogen-bond acceptors (Lipinski definition) is 9. The number of nitrogens with one attached hydrogen (secondary N) is 1. The van der Waals surface area contributed by atoms with Gasteiger partial charge in [0, 0.05) is 18.2 Å². The van der Waals surface area contributed by atoms with Crippen LogP contribution in [0.25, 0.3) is 0 Å². The van der Waals surface area contributed by atoms with Gasteiger partial charge in [-0.05, 0) is 35.9 Å². The Labute approximate surface area is 217 Å². The van der Waals surface area contributed by atoms with Crippen molar-refractivity contribution < 1.29 is 24.2 Å². The first kappa shape index (κ1) is 25.5. The summed E-state index contributed by atoms with van der Waals surface area (Å²) in [4.78, 5) is 27.5. The molecule has 12 nitrogen and oxygen atoms in total. The summed E-state index contributed by atoms with van der Waals surface area (Å²) in [7, 11) is 0. The molecule has 2 amide bonds. The maximum absolute atomic E-state index is 11.8. The SMILES string of the molecule is N#Cc1ccc(C(=O)O)c(OC2N=C(Cc3ccccc3)C(N)=C(Oc3cccc(NC(N)=O)c3)N2N)c1. The van der Waals surface area contributed by atoms with Gasteiger partial charge in [0.05, 0.1) is 17.3 Å². The van der Waals surface area contributed by atoms with E-state index in [9.17, 15) is 20.0 Å². The van der Waals surface area contributed by atoms with Crippen molar-refractivity contribution in [3.8, 4) is 17.6 Å². The lowest BCUT2D eigenvalue weighted by molar-refractivity contribution is 0.0214. The molecule has 1 unspecified atom stereocenters. The number of carbonyl (C=O) groups is 2. The highest BCUT2D eigenvalue weighted by atomic mass is 16.5. The van der Waals surface area contributed by atoms with E-state index in [0.717, 1.165) is 10.6 Å². The molecule has 0 saturated heterocycles. The van der Waals surface area contributed by atoms with E-state index in [1.807, 2.05) is 36.4 Å². The molecule has 0 spiro atoms. The molecule has 1 aliphatic rings. The molecule has 0 bridgehead atoms. The van der Waals surface area contributed by atoms with Crippen molar-refractivity contribution in [2.24, 2.45) is 22.3 Å². The highest BCUT2D eigenvalue weighted by Gasteiger charge is 2.32. The van der Waals surface area contributed by atoms with Crippen molar-refractivity contribution in [1.82, 2.24) is 5.01 Å². The van der Waals surface area contributed by atoms with Crippen LogP contribution in [0.5, 0.6) is 11.5 Å². The molecule has 38 heavy (non-hydrogen) atoms. The van der Waals surface area contributed by atoms with E-state index in [1.165, 1.54) is 24.3 Å². The Morgan fingerprint density at radius 2 is 1.87 bits per heavy atom. The second kappa shape index (κ2) is 11.0. The Balaban J connectivity index is 1.73. The van der Waals surface area contributed by atoms with E-state index in [4.69, 9.17) is 26.8 Å². The predicted octanol–water partition coefficient (Wildman–Crippen LogP) is 2.49. The third-order valence-electron chi connectivity index (χ3n) is 5.38. The van der Waals surface area contributed by atoms with Gasteiger partial charge < -0.3 is 31.4 Å². The molecule has 0 saturated carbocycles. The van der Waals surface area contributed by atoms with Crippen molar-refractivity contribution >= 4 is 23.4 Å². The van der Waals surface area contributed by atoms with Gasteiger partial charge in [0.1, 0.15) is 22.8 Å². The van der Waals surface area contributed by atoms with Crippen molar-refractivity contribution in [2.75, 3.05) is 5.32 Å². The third-order valence-corrected chi connectivity index (χ3v) is 5.38. The summed E-state index contributed by atoms with van der Waals surface area (Å²) in [6.07, 6.45) is -1.00. The number of nitriles is 1.